The number of rotatable bonds is 5. The van der Waals surface area contributed by atoms with Crippen LogP contribution in [-0.2, 0) is 6.54 Å². The summed E-state index contributed by atoms with van der Waals surface area (Å²) in [5, 5.41) is 4.29. The van der Waals surface area contributed by atoms with E-state index in [1.54, 1.807) is 6.07 Å². The standard InChI is InChI=1S/C16H18N2O3/c1-4-18-16(20)14(11(3)19)10-15(17-18)12-6-8-13(9-7-12)21-5-2/h6-10H,4-5H2,1-3H3. The topological polar surface area (TPSA) is 61.2 Å². The SMILES string of the molecule is CCOc1ccc(-c2cc(C(C)=O)c(=O)n(CC)n2)cc1. The molecule has 0 aliphatic heterocycles. The Balaban J connectivity index is 2.50. The third-order valence-corrected chi connectivity index (χ3v) is 3.11. The first-order chi connectivity index (χ1) is 10.1. The van der Waals surface area contributed by atoms with Gasteiger partial charge in [0.05, 0.1) is 17.9 Å². The average molecular weight is 286 g/mol. The predicted molar refractivity (Wildman–Crippen MR) is 80.8 cm³/mol. The molecule has 21 heavy (non-hydrogen) atoms. The van der Waals surface area contributed by atoms with Crippen LogP contribution in [0.4, 0.5) is 0 Å². The number of benzene rings is 1. The van der Waals surface area contributed by atoms with Crippen LogP contribution in [0.1, 0.15) is 31.1 Å². The molecule has 2 aromatic rings. The number of nitrogens with zero attached hydrogens (tertiary/aromatic N) is 2. The number of aryl methyl sites for hydroxylation is 1. The number of carbonyl (C=O) groups excluding carboxylic acids is 1. The lowest BCUT2D eigenvalue weighted by Gasteiger charge is -2.08. The summed E-state index contributed by atoms with van der Waals surface area (Å²) < 4.78 is 6.70. The second kappa shape index (κ2) is 6.35. The van der Waals surface area contributed by atoms with Crippen molar-refractivity contribution in [2.75, 3.05) is 6.61 Å². The van der Waals surface area contributed by atoms with E-state index in [0.29, 0.717) is 18.8 Å². The highest BCUT2D eigenvalue weighted by Gasteiger charge is 2.12. The van der Waals surface area contributed by atoms with Crippen molar-refractivity contribution in [2.24, 2.45) is 0 Å². The van der Waals surface area contributed by atoms with E-state index < -0.39 is 0 Å². The molecule has 1 aromatic carbocycles. The first-order valence-corrected chi connectivity index (χ1v) is 6.93. The minimum Gasteiger partial charge on any atom is -0.494 e. The van der Waals surface area contributed by atoms with Crippen molar-refractivity contribution in [1.29, 1.82) is 0 Å². The van der Waals surface area contributed by atoms with E-state index >= 15 is 0 Å². The van der Waals surface area contributed by atoms with Crippen LogP contribution in [0.15, 0.2) is 35.1 Å². The zero-order valence-electron chi connectivity index (χ0n) is 12.4. The zero-order chi connectivity index (χ0) is 15.4. The lowest BCUT2D eigenvalue weighted by Crippen LogP contribution is -2.27. The zero-order valence-corrected chi connectivity index (χ0v) is 12.4. The Morgan fingerprint density at radius 1 is 1.24 bits per heavy atom. The normalized spacial score (nSPS) is 10.4. The van der Waals surface area contributed by atoms with Gasteiger partial charge in [-0.25, -0.2) is 4.68 Å². The largest absolute Gasteiger partial charge is 0.494 e. The van der Waals surface area contributed by atoms with Crippen LogP contribution in [0, 0.1) is 0 Å². The lowest BCUT2D eigenvalue weighted by molar-refractivity contribution is 0.101. The summed E-state index contributed by atoms with van der Waals surface area (Å²) in [6.45, 7) is 6.15. The highest BCUT2D eigenvalue weighted by Crippen LogP contribution is 2.20. The third kappa shape index (κ3) is 3.18. The number of hydrogen-bond acceptors (Lipinski definition) is 4. The quantitative estimate of drug-likeness (QED) is 0.792. The van der Waals surface area contributed by atoms with Gasteiger partial charge in [0, 0.05) is 12.1 Å². The van der Waals surface area contributed by atoms with Gasteiger partial charge in [-0.3, -0.25) is 9.59 Å². The van der Waals surface area contributed by atoms with E-state index in [1.807, 2.05) is 38.1 Å². The molecule has 2 rings (SSSR count). The molecular formula is C16H18N2O3. The highest BCUT2D eigenvalue weighted by atomic mass is 16.5. The van der Waals surface area contributed by atoms with Crippen LogP contribution in [0.3, 0.4) is 0 Å². The van der Waals surface area contributed by atoms with Gasteiger partial charge in [-0.2, -0.15) is 5.10 Å². The molecule has 1 heterocycles. The predicted octanol–water partition coefficient (Wildman–Crippen LogP) is 2.53. The van der Waals surface area contributed by atoms with Crippen LogP contribution in [0.25, 0.3) is 11.3 Å². The fourth-order valence-corrected chi connectivity index (χ4v) is 2.04. The maximum absolute atomic E-state index is 12.0. The number of hydrogen-bond donors (Lipinski definition) is 0. The van der Waals surface area contributed by atoms with E-state index in [-0.39, 0.29) is 16.9 Å². The molecule has 0 aliphatic rings. The Labute approximate surface area is 123 Å². The van der Waals surface area contributed by atoms with Gasteiger partial charge < -0.3 is 4.74 Å². The van der Waals surface area contributed by atoms with Crippen molar-refractivity contribution in [3.05, 3.63) is 46.2 Å². The van der Waals surface area contributed by atoms with E-state index in [0.717, 1.165) is 11.3 Å². The molecule has 5 heteroatoms. The maximum atomic E-state index is 12.0. The Morgan fingerprint density at radius 2 is 1.90 bits per heavy atom. The van der Waals surface area contributed by atoms with Gasteiger partial charge in [0.15, 0.2) is 5.78 Å². The van der Waals surface area contributed by atoms with Crippen LogP contribution in [0.2, 0.25) is 0 Å². The molecule has 0 amide bonds. The number of aromatic nitrogens is 2. The first-order valence-electron chi connectivity index (χ1n) is 6.93. The summed E-state index contributed by atoms with van der Waals surface area (Å²) in [6, 6.07) is 8.96. The number of ether oxygens (including phenoxy) is 1. The number of Topliss-reactive ketones (excluding diaryl/α,β-unsaturated/α-hetero) is 1. The molecule has 0 radical (unpaired) electrons. The minimum absolute atomic E-state index is 0.163. The van der Waals surface area contributed by atoms with Gasteiger partial charge in [0.2, 0.25) is 0 Å². The van der Waals surface area contributed by atoms with Crippen LogP contribution in [0.5, 0.6) is 5.75 Å². The van der Waals surface area contributed by atoms with Gasteiger partial charge in [-0.05, 0) is 51.1 Å². The molecule has 0 spiro atoms. The monoisotopic (exact) mass is 286 g/mol. The minimum atomic E-state index is -0.348. The lowest BCUT2D eigenvalue weighted by atomic mass is 10.1. The molecular weight excluding hydrogens is 268 g/mol. The Morgan fingerprint density at radius 3 is 2.43 bits per heavy atom. The van der Waals surface area contributed by atoms with E-state index in [2.05, 4.69) is 5.10 Å². The number of carbonyl (C=O) groups is 1. The van der Waals surface area contributed by atoms with Gasteiger partial charge >= 0.3 is 0 Å². The number of ketones is 1. The van der Waals surface area contributed by atoms with E-state index in [9.17, 15) is 9.59 Å². The van der Waals surface area contributed by atoms with Crippen molar-refractivity contribution in [1.82, 2.24) is 9.78 Å². The molecule has 0 unspecified atom stereocenters. The second-order valence-corrected chi connectivity index (χ2v) is 4.58. The highest BCUT2D eigenvalue weighted by molar-refractivity contribution is 5.94. The Hall–Kier alpha value is -2.43. The fraction of sp³-hybridized carbons (Fsp3) is 0.312. The molecule has 0 N–H and O–H groups in total. The molecule has 110 valence electrons. The molecule has 0 aliphatic carbocycles. The summed E-state index contributed by atoms with van der Waals surface area (Å²) in [6.07, 6.45) is 0. The molecule has 0 atom stereocenters. The van der Waals surface area contributed by atoms with Gasteiger partial charge in [-0.15, -0.1) is 0 Å². The van der Waals surface area contributed by atoms with Crippen molar-refractivity contribution in [3.8, 4) is 17.0 Å². The second-order valence-electron chi connectivity index (χ2n) is 4.58. The first kappa shape index (κ1) is 15.0. The van der Waals surface area contributed by atoms with E-state index in [4.69, 9.17) is 4.74 Å². The average Bonchev–Trinajstić information content (AvgIpc) is 2.48. The smallest absolute Gasteiger partial charge is 0.277 e. The molecule has 5 nitrogen and oxygen atoms in total. The summed E-state index contributed by atoms with van der Waals surface area (Å²) in [5.74, 6) is 0.522. The van der Waals surface area contributed by atoms with Gasteiger partial charge in [0.25, 0.3) is 5.56 Å². The molecule has 0 saturated heterocycles. The Bertz CT molecular complexity index is 702. The van der Waals surface area contributed by atoms with Crippen molar-refractivity contribution in [3.63, 3.8) is 0 Å². The molecule has 0 bridgehead atoms. The summed E-state index contributed by atoms with van der Waals surface area (Å²) in [7, 11) is 0. The molecule has 1 aromatic heterocycles. The third-order valence-electron chi connectivity index (χ3n) is 3.11. The van der Waals surface area contributed by atoms with Crippen molar-refractivity contribution < 1.29 is 9.53 Å². The van der Waals surface area contributed by atoms with Crippen molar-refractivity contribution in [2.45, 2.75) is 27.3 Å². The summed E-state index contributed by atoms with van der Waals surface area (Å²) >= 11 is 0. The maximum Gasteiger partial charge on any atom is 0.277 e. The van der Waals surface area contributed by atoms with Crippen LogP contribution in [-0.4, -0.2) is 22.2 Å². The van der Waals surface area contributed by atoms with Gasteiger partial charge in [-0.1, -0.05) is 0 Å². The van der Waals surface area contributed by atoms with Crippen LogP contribution >= 0.6 is 0 Å². The molecule has 0 fully saturated rings. The summed E-state index contributed by atoms with van der Waals surface area (Å²) in [4.78, 5) is 23.6. The van der Waals surface area contributed by atoms with Crippen LogP contribution < -0.4 is 10.3 Å². The fourth-order valence-electron chi connectivity index (χ4n) is 2.04. The van der Waals surface area contributed by atoms with E-state index in [1.165, 1.54) is 11.6 Å². The molecule has 0 saturated carbocycles. The Kier molecular flexibility index (Phi) is 4.52. The van der Waals surface area contributed by atoms with Gasteiger partial charge in [0.1, 0.15) is 5.75 Å². The van der Waals surface area contributed by atoms with Crippen molar-refractivity contribution >= 4 is 5.78 Å². The summed E-state index contributed by atoms with van der Waals surface area (Å²) in [5.41, 5.74) is 1.25.